The molecule has 0 bridgehead atoms. The van der Waals surface area contributed by atoms with Crippen LogP contribution in [0.1, 0.15) is 35.8 Å². The van der Waals surface area contributed by atoms with Crippen LogP contribution in [-0.4, -0.2) is 43.9 Å². The van der Waals surface area contributed by atoms with E-state index in [9.17, 15) is 4.79 Å². The van der Waals surface area contributed by atoms with Crippen LogP contribution in [0.4, 0.5) is 0 Å². The van der Waals surface area contributed by atoms with Crippen molar-refractivity contribution in [3.63, 3.8) is 0 Å². The van der Waals surface area contributed by atoms with Crippen LogP contribution in [-0.2, 0) is 11.3 Å². The van der Waals surface area contributed by atoms with Crippen molar-refractivity contribution in [1.29, 1.82) is 0 Å². The van der Waals surface area contributed by atoms with E-state index in [0.29, 0.717) is 10.9 Å². The minimum Gasteiger partial charge on any atom is -0.341 e. The summed E-state index contributed by atoms with van der Waals surface area (Å²) >= 11 is 6.13. The van der Waals surface area contributed by atoms with E-state index in [1.165, 1.54) is 0 Å². The van der Waals surface area contributed by atoms with Gasteiger partial charge in [-0.3, -0.25) is 14.6 Å². The number of rotatable bonds is 3. The fraction of sp³-hybridized carbons (Fsp3) is 0.533. The van der Waals surface area contributed by atoms with Crippen molar-refractivity contribution in [3.8, 4) is 0 Å². The van der Waals surface area contributed by atoms with Gasteiger partial charge in [0, 0.05) is 30.9 Å². The zero-order valence-electron chi connectivity index (χ0n) is 12.8. The van der Waals surface area contributed by atoms with Gasteiger partial charge >= 0.3 is 0 Å². The van der Waals surface area contributed by atoms with Crippen LogP contribution < -0.4 is 0 Å². The van der Waals surface area contributed by atoms with E-state index in [1.807, 2.05) is 24.8 Å². The molecule has 0 radical (unpaired) electrons. The summed E-state index contributed by atoms with van der Waals surface area (Å²) in [4.78, 5) is 14.3. The zero-order valence-corrected chi connectivity index (χ0v) is 13.6. The quantitative estimate of drug-likeness (QED) is 0.943. The van der Waals surface area contributed by atoms with Gasteiger partial charge in [-0.15, -0.1) is 0 Å². The summed E-state index contributed by atoms with van der Waals surface area (Å²) in [6, 6.07) is 2.01. The van der Waals surface area contributed by atoms with Gasteiger partial charge < -0.3 is 4.90 Å². The molecule has 1 saturated heterocycles. The van der Waals surface area contributed by atoms with Crippen molar-refractivity contribution >= 4 is 17.5 Å². The molecule has 1 N–H and O–H groups in total. The highest BCUT2D eigenvalue weighted by Gasteiger charge is 2.25. The normalized spacial score (nSPS) is 16.2. The Labute approximate surface area is 134 Å². The second-order valence-electron chi connectivity index (χ2n) is 5.81. The molecule has 22 heavy (non-hydrogen) atoms. The van der Waals surface area contributed by atoms with Crippen LogP contribution in [0, 0.1) is 13.8 Å². The Balaban J connectivity index is 1.59. The molecular formula is C15H20ClN5O. The lowest BCUT2D eigenvalue weighted by Gasteiger charge is -2.31. The molecule has 1 aliphatic heterocycles. The number of hydrogen-bond donors (Lipinski definition) is 1. The van der Waals surface area contributed by atoms with E-state index in [1.54, 1.807) is 10.9 Å². The standard InChI is InChI=1S/C15H20ClN5O/c1-10-15(16)11(2)21(19-10)9-14(22)20-7-4-12(5-8-20)13-3-6-17-18-13/h3,6,12H,4-5,7-9H2,1-2H3,(H,17,18). The number of piperidine rings is 1. The third-order valence-electron chi connectivity index (χ3n) is 4.39. The van der Waals surface area contributed by atoms with E-state index in [2.05, 4.69) is 15.3 Å². The fourth-order valence-electron chi connectivity index (χ4n) is 2.99. The third-order valence-corrected chi connectivity index (χ3v) is 4.93. The van der Waals surface area contributed by atoms with E-state index in [4.69, 9.17) is 11.6 Å². The second kappa shape index (κ2) is 6.12. The number of aromatic amines is 1. The van der Waals surface area contributed by atoms with E-state index in [-0.39, 0.29) is 12.5 Å². The summed E-state index contributed by atoms with van der Waals surface area (Å²) in [5.41, 5.74) is 2.78. The number of aryl methyl sites for hydroxylation is 1. The molecule has 0 saturated carbocycles. The summed E-state index contributed by atoms with van der Waals surface area (Å²) in [7, 11) is 0. The van der Waals surface area contributed by atoms with Gasteiger partial charge in [0.1, 0.15) is 6.54 Å². The Morgan fingerprint density at radius 1 is 1.41 bits per heavy atom. The predicted molar refractivity (Wildman–Crippen MR) is 83.9 cm³/mol. The number of likely N-dealkylation sites (tertiary alicyclic amines) is 1. The van der Waals surface area contributed by atoms with Crippen molar-refractivity contribution in [1.82, 2.24) is 24.9 Å². The largest absolute Gasteiger partial charge is 0.341 e. The molecular weight excluding hydrogens is 302 g/mol. The number of halogens is 1. The van der Waals surface area contributed by atoms with E-state index < -0.39 is 0 Å². The maximum absolute atomic E-state index is 12.4. The summed E-state index contributed by atoms with van der Waals surface area (Å²) in [6.45, 7) is 5.55. The molecule has 1 amide bonds. The molecule has 1 aliphatic rings. The molecule has 0 aliphatic carbocycles. The number of amides is 1. The third kappa shape index (κ3) is 2.88. The van der Waals surface area contributed by atoms with Gasteiger partial charge in [0.05, 0.1) is 16.4 Å². The smallest absolute Gasteiger partial charge is 0.244 e. The minimum absolute atomic E-state index is 0.102. The highest BCUT2D eigenvalue weighted by atomic mass is 35.5. The first kappa shape index (κ1) is 15.1. The first-order valence-corrected chi connectivity index (χ1v) is 7.90. The maximum Gasteiger partial charge on any atom is 0.244 e. The molecule has 0 aromatic carbocycles. The molecule has 1 fully saturated rings. The van der Waals surface area contributed by atoms with E-state index in [0.717, 1.165) is 43.0 Å². The average molecular weight is 322 g/mol. The molecule has 0 unspecified atom stereocenters. The molecule has 7 heteroatoms. The Morgan fingerprint density at radius 3 is 2.68 bits per heavy atom. The van der Waals surface area contributed by atoms with Crippen molar-refractivity contribution < 1.29 is 4.79 Å². The highest BCUT2D eigenvalue weighted by molar-refractivity contribution is 6.31. The lowest BCUT2D eigenvalue weighted by molar-refractivity contribution is -0.133. The monoisotopic (exact) mass is 321 g/mol. The number of carbonyl (C=O) groups excluding carboxylic acids is 1. The van der Waals surface area contributed by atoms with Gasteiger partial charge in [-0.05, 0) is 32.8 Å². The Hall–Kier alpha value is -1.82. The summed E-state index contributed by atoms with van der Waals surface area (Å²) in [6.07, 6.45) is 3.71. The van der Waals surface area contributed by atoms with Crippen molar-refractivity contribution in [2.45, 2.75) is 39.2 Å². The SMILES string of the molecule is Cc1nn(CC(=O)N2CCC(c3ccn[nH]3)CC2)c(C)c1Cl. The lowest BCUT2D eigenvalue weighted by Crippen LogP contribution is -2.40. The number of carbonyl (C=O) groups is 1. The van der Waals surface area contributed by atoms with Gasteiger partial charge in [-0.25, -0.2) is 0 Å². The number of aromatic nitrogens is 4. The summed E-state index contributed by atoms with van der Waals surface area (Å²) in [5.74, 6) is 0.569. The van der Waals surface area contributed by atoms with Gasteiger partial charge in [0.25, 0.3) is 0 Å². The van der Waals surface area contributed by atoms with Crippen molar-refractivity contribution in [2.75, 3.05) is 13.1 Å². The molecule has 0 spiro atoms. The predicted octanol–water partition coefficient (Wildman–Crippen LogP) is 2.28. The van der Waals surface area contributed by atoms with Gasteiger partial charge in [-0.2, -0.15) is 10.2 Å². The first-order valence-electron chi connectivity index (χ1n) is 7.53. The van der Waals surface area contributed by atoms with Crippen LogP contribution >= 0.6 is 11.6 Å². The molecule has 0 atom stereocenters. The zero-order chi connectivity index (χ0) is 15.7. The highest BCUT2D eigenvalue weighted by Crippen LogP contribution is 2.26. The van der Waals surface area contributed by atoms with Crippen LogP contribution in [0.5, 0.6) is 0 Å². The van der Waals surface area contributed by atoms with Crippen LogP contribution in [0.15, 0.2) is 12.3 Å². The molecule has 2 aromatic rings. The number of H-pyrrole nitrogens is 1. The van der Waals surface area contributed by atoms with Gasteiger partial charge in [-0.1, -0.05) is 11.6 Å². The summed E-state index contributed by atoms with van der Waals surface area (Å²) < 4.78 is 1.70. The Kier molecular flexibility index (Phi) is 4.20. The number of nitrogens with one attached hydrogen (secondary N) is 1. The maximum atomic E-state index is 12.4. The lowest BCUT2D eigenvalue weighted by atomic mass is 9.94. The molecule has 3 heterocycles. The topological polar surface area (TPSA) is 66.8 Å². The minimum atomic E-state index is 0.102. The van der Waals surface area contributed by atoms with Crippen molar-refractivity contribution in [2.24, 2.45) is 0 Å². The second-order valence-corrected chi connectivity index (χ2v) is 6.19. The average Bonchev–Trinajstić information content (AvgIpc) is 3.13. The molecule has 3 rings (SSSR count). The Morgan fingerprint density at radius 2 is 2.14 bits per heavy atom. The van der Waals surface area contributed by atoms with Gasteiger partial charge in [0.15, 0.2) is 0 Å². The van der Waals surface area contributed by atoms with Crippen LogP contribution in [0.2, 0.25) is 5.02 Å². The Bertz CT molecular complexity index is 656. The van der Waals surface area contributed by atoms with Crippen LogP contribution in [0.3, 0.4) is 0 Å². The number of hydrogen-bond acceptors (Lipinski definition) is 3. The van der Waals surface area contributed by atoms with Crippen LogP contribution in [0.25, 0.3) is 0 Å². The van der Waals surface area contributed by atoms with Gasteiger partial charge in [0.2, 0.25) is 5.91 Å². The molecule has 2 aromatic heterocycles. The fourth-order valence-corrected chi connectivity index (χ4v) is 3.13. The first-order chi connectivity index (χ1) is 10.6. The number of nitrogens with zero attached hydrogens (tertiary/aromatic N) is 4. The van der Waals surface area contributed by atoms with Crippen molar-refractivity contribution in [3.05, 3.63) is 34.4 Å². The molecule has 118 valence electrons. The summed E-state index contributed by atoms with van der Waals surface area (Å²) in [5, 5.41) is 12.0. The van der Waals surface area contributed by atoms with E-state index >= 15 is 0 Å². The molecule has 6 nitrogen and oxygen atoms in total.